The molecule has 182 valence electrons. The first kappa shape index (κ1) is 25.6. The highest BCUT2D eigenvalue weighted by atomic mass is 79.9. The lowest BCUT2D eigenvalue weighted by Crippen LogP contribution is -2.04. The van der Waals surface area contributed by atoms with Crippen molar-refractivity contribution in [3.05, 3.63) is 57.8 Å². The normalized spacial score (nSPS) is 10.3. The van der Waals surface area contributed by atoms with Crippen LogP contribution in [0.1, 0.15) is 40.4 Å². The van der Waals surface area contributed by atoms with Crippen LogP contribution in [0.15, 0.2) is 40.9 Å². The van der Waals surface area contributed by atoms with Crippen LogP contribution in [0.2, 0.25) is 0 Å². The number of benzene rings is 2. The number of esters is 2. The molecule has 0 aliphatic carbocycles. The van der Waals surface area contributed by atoms with Crippen molar-refractivity contribution in [1.82, 2.24) is 9.97 Å². The Morgan fingerprint density at radius 3 is 1.77 bits per heavy atom. The molecule has 0 aliphatic rings. The number of methoxy groups -OCH3 is 2. The van der Waals surface area contributed by atoms with Crippen molar-refractivity contribution in [2.75, 3.05) is 27.4 Å². The van der Waals surface area contributed by atoms with Crippen LogP contribution < -0.4 is 9.47 Å². The smallest absolute Gasteiger partial charge is 0.354 e. The Kier molecular flexibility index (Phi) is 8.39. The van der Waals surface area contributed by atoms with Crippen molar-refractivity contribution in [1.29, 1.82) is 5.26 Å². The Bertz CT molecular complexity index is 1420. The number of rotatable bonds is 6. The summed E-state index contributed by atoms with van der Waals surface area (Å²) < 4.78 is 21.0. The second kappa shape index (κ2) is 11.4. The fourth-order valence-corrected chi connectivity index (χ4v) is 3.87. The number of halogens is 1. The van der Waals surface area contributed by atoms with Gasteiger partial charge in [0.1, 0.15) is 29.0 Å². The Balaban J connectivity index is 0.000000196. The number of H-pyrrole nitrogens is 2. The minimum Gasteiger partial charge on any atom is -0.495 e. The van der Waals surface area contributed by atoms with E-state index in [2.05, 4.69) is 25.9 Å². The van der Waals surface area contributed by atoms with Crippen molar-refractivity contribution in [2.45, 2.75) is 13.8 Å². The van der Waals surface area contributed by atoms with Crippen LogP contribution in [0.25, 0.3) is 21.8 Å². The molecular weight excluding hydrogens is 518 g/mol. The zero-order chi connectivity index (χ0) is 25.5. The van der Waals surface area contributed by atoms with E-state index in [1.807, 2.05) is 18.2 Å². The van der Waals surface area contributed by atoms with Crippen molar-refractivity contribution < 1.29 is 28.5 Å². The minimum atomic E-state index is -0.411. The first-order valence-electron chi connectivity index (χ1n) is 10.7. The van der Waals surface area contributed by atoms with Gasteiger partial charge in [-0.05, 0) is 54.0 Å². The summed E-state index contributed by atoms with van der Waals surface area (Å²) >= 11 is 3.40. The first-order chi connectivity index (χ1) is 16.8. The predicted octanol–water partition coefficient (Wildman–Crippen LogP) is 5.34. The molecule has 0 amide bonds. The number of fused-ring (bicyclic) bond motifs is 2. The Labute approximate surface area is 210 Å². The standard InChI is InChI=1S/C13H12N2O3.C12H12BrNO3/c1-3-18-13(16)11-5-8-4-9(7-14)12(17-2)6-10(8)15-11;1-3-17-12(15)10-5-7-4-8(13)11(16-2)6-9(7)14-10/h4-6,15H,3H2,1-2H3;4-6,14H,3H2,1-2H3. The molecule has 0 unspecified atom stereocenters. The molecule has 0 saturated heterocycles. The molecule has 9 nitrogen and oxygen atoms in total. The molecule has 0 spiro atoms. The number of ether oxygens (including phenoxy) is 4. The predicted molar refractivity (Wildman–Crippen MR) is 134 cm³/mol. The molecule has 0 atom stereocenters. The molecule has 0 radical (unpaired) electrons. The van der Waals surface area contributed by atoms with Crippen molar-refractivity contribution >= 4 is 49.7 Å². The number of hydrogen-bond acceptors (Lipinski definition) is 7. The maximum Gasteiger partial charge on any atom is 0.354 e. The zero-order valence-corrected chi connectivity index (χ0v) is 21.2. The summed E-state index contributed by atoms with van der Waals surface area (Å²) in [6.07, 6.45) is 0. The highest BCUT2D eigenvalue weighted by Gasteiger charge is 2.13. The van der Waals surface area contributed by atoms with Crippen LogP contribution in [-0.4, -0.2) is 49.3 Å². The summed E-state index contributed by atoms with van der Waals surface area (Å²) in [5.74, 6) is 0.432. The summed E-state index contributed by atoms with van der Waals surface area (Å²) in [6, 6.07) is 12.6. The molecule has 0 bridgehead atoms. The molecule has 0 aliphatic heterocycles. The molecule has 4 aromatic rings. The van der Waals surface area contributed by atoms with Crippen LogP contribution >= 0.6 is 15.9 Å². The fraction of sp³-hybridized carbons (Fsp3) is 0.240. The van der Waals surface area contributed by atoms with Gasteiger partial charge in [0.25, 0.3) is 0 Å². The first-order valence-corrected chi connectivity index (χ1v) is 11.5. The Morgan fingerprint density at radius 2 is 1.31 bits per heavy atom. The van der Waals surface area contributed by atoms with Crippen LogP contribution in [0.3, 0.4) is 0 Å². The van der Waals surface area contributed by atoms with Gasteiger partial charge in [0, 0.05) is 33.9 Å². The molecule has 2 N–H and O–H groups in total. The molecule has 0 fully saturated rings. The molecular formula is C25H24BrN3O6. The third kappa shape index (κ3) is 5.75. The van der Waals surface area contributed by atoms with E-state index in [4.69, 9.17) is 24.2 Å². The van der Waals surface area contributed by atoms with E-state index >= 15 is 0 Å². The molecule has 35 heavy (non-hydrogen) atoms. The van der Waals surface area contributed by atoms with Gasteiger partial charge in [-0.1, -0.05) is 0 Å². The van der Waals surface area contributed by atoms with E-state index < -0.39 is 5.97 Å². The lowest BCUT2D eigenvalue weighted by atomic mass is 10.1. The molecule has 2 heterocycles. The molecule has 2 aromatic carbocycles. The van der Waals surface area contributed by atoms with E-state index in [9.17, 15) is 9.59 Å². The average molecular weight is 542 g/mol. The summed E-state index contributed by atoms with van der Waals surface area (Å²) in [5, 5.41) is 10.7. The number of nitrogens with one attached hydrogen (secondary N) is 2. The van der Waals surface area contributed by atoms with Crippen LogP contribution in [0.5, 0.6) is 11.5 Å². The quantitative estimate of drug-likeness (QED) is 0.315. The Morgan fingerprint density at radius 1 is 0.829 bits per heavy atom. The summed E-state index contributed by atoms with van der Waals surface area (Å²) in [5.41, 5.74) is 2.81. The second-order valence-corrected chi connectivity index (χ2v) is 7.99. The zero-order valence-electron chi connectivity index (χ0n) is 19.7. The van der Waals surface area contributed by atoms with Crippen molar-refractivity contribution in [3.8, 4) is 17.6 Å². The van der Waals surface area contributed by atoms with Gasteiger partial charge >= 0.3 is 11.9 Å². The third-order valence-electron chi connectivity index (χ3n) is 4.95. The van der Waals surface area contributed by atoms with Gasteiger partial charge in [0.15, 0.2) is 0 Å². The topological polar surface area (TPSA) is 126 Å². The van der Waals surface area contributed by atoms with Gasteiger partial charge in [-0.15, -0.1) is 0 Å². The summed E-state index contributed by atoms with van der Waals surface area (Å²) in [7, 11) is 3.10. The number of carbonyl (C=O) groups excluding carboxylic acids is 2. The molecule has 0 saturated carbocycles. The monoisotopic (exact) mass is 541 g/mol. The van der Waals surface area contributed by atoms with Crippen molar-refractivity contribution in [3.63, 3.8) is 0 Å². The van der Waals surface area contributed by atoms with E-state index in [1.165, 1.54) is 7.11 Å². The van der Waals surface area contributed by atoms with Crippen molar-refractivity contribution in [2.24, 2.45) is 0 Å². The van der Waals surface area contributed by atoms with Gasteiger partial charge in [0.2, 0.25) is 0 Å². The lowest BCUT2D eigenvalue weighted by molar-refractivity contribution is 0.0511. The number of aromatic amines is 2. The number of carbonyl (C=O) groups is 2. The van der Waals surface area contributed by atoms with Gasteiger partial charge < -0.3 is 28.9 Å². The highest BCUT2D eigenvalue weighted by Crippen LogP contribution is 2.30. The van der Waals surface area contributed by atoms with Gasteiger partial charge in [-0.25, -0.2) is 9.59 Å². The minimum absolute atomic E-state index is 0.320. The molecule has 4 rings (SSSR count). The van der Waals surface area contributed by atoms with E-state index in [1.54, 1.807) is 45.2 Å². The van der Waals surface area contributed by atoms with Crippen LogP contribution in [-0.2, 0) is 9.47 Å². The lowest BCUT2D eigenvalue weighted by Gasteiger charge is -2.02. The Hall–Kier alpha value is -3.97. The van der Waals surface area contributed by atoms with Gasteiger partial charge in [-0.3, -0.25) is 0 Å². The number of nitriles is 1. The van der Waals surface area contributed by atoms with E-state index in [-0.39, 0.29) is 5.97 Å². The van der Waals surface area contributed by atoms with E-state index in [0.717, 1.165) is 32.0 Å². The van der Waals surface area contributed by atoms with Gasteiger partial charge in [-0.2, -0.15) is 5.26 Å². The number of nitrogens with zero attached hydrogens (tertiary/aromatic N) is 1. The van der Waals surface area contributed by atoms with Crippen LogP contribution in [0.4, 0.5) is 0 Å². The van der Waals surface area contributed by atoms with Crippen LogP contribution in [0, 0.1) is 11.3 Å². The number of hydrogen-bond donors (Lipinski definition) is 2. The average Bonchev–Trinajstić information content (AvgIpc) is 3.46. The highest BCUT2D eigenvalue weighted by molar-refractivity contribution is 9.10. The summed E-state index contributed by atoms with van der Waals surface area (Å²) in [6.45, 7) is 4.21. The second-order valence-electron chi connectivity index (χ2n) is 7.13. The maximum atomic E-state index is 11.6. The maximum absolute atomic E-state index is 11.6. The summed E-state index contributed by atoms with van der Waals surface area (Å²) in [4.78, 5) is 29.1. The third-order valence-corrected chi connectivity index (χ3v) is 5.56. The molecule has 10 heteroatoms. The molecule has 2 aromatic heterocycles. The van der Waals surface area contributed by atoms with E-state index in [0.29, 0.717) is 35.9 Å². The number of aromatic nitrogens is 2. The fourth-order valence-electron chi connectivity index (χ4n) is 3.34. The SMILES string of the molecule is CCOC(=O)c1cc2cc(Br)c(OC)cc2[nH]1.CCOC(=O)c1cc2cc(C#N)c(OC)cc2[nH]1. The van der Waals surface area contributed by atoms with Gasteiger partial charge in [0.05, 0.1) is 37.5 Å². The largest absolute Gasteiger partial charge is 0.495 e.